The lowest BCUT2D eigenvalue weighted by Gasteiger charge is -2.27. The highest BCUT2D eigenvalue weighted by Crippen LogP contribution is 2.55. The maximum atomic E-state index is 2.44. The van der Waals surface area contributed by atoms with E-state index in [-0.39, 0.29) is 5.41 Å². The first-order valence-corrected chi connectivity index (χ1v) is 18.5. The van der Waals surface area contributed by atoms with E-state index in [1.54, 1.807) is 0 Å². The van der Waals surface area contributed by atoms with Crippen LogP contribution in [0.3, 0.4) is 0 Å². The van der Waals surface area contributed by atoms with Crippen LogP contribution >= 0.6 is 0 Å². The van der Waals surface area contributed by atoms with Gasteiger partial charge in [0.2, 0.25) is 0 Å². The van der Waals surface area contributed by atoms with Crippen LogP contribution < -0.4 is 4.90 Å². The second kappa shape index (κ2) is 11.2. The Bertz CT molecular complexity index is 3080. The van der Waals surface area contributed by atoms with Gasteiger partial charge in [-0.05, 0) is 109 Å². The number of nitrogens with zero attached hydrogens (tertiary/aromatic N) is 2. The molecule has 10 aromatic rings. The molecule has 250 valence electrons. The van der Waals surface area contributed by atoms with E-state index in [1.807, 2.05) is 0 Å². The molecule has 0 unspecified atom stereocenters. The second-order valence-electron chi connectivity index (χ2n) is 14.9. The van der Waals surface area contributed by atoms with E-state index in [1.165, 1.54) is 76.4 Å². The van der Waals surface area contributed by atoms with Crippen LogP contribution in [0.15, 0.2) is 182 Å². The molecule has 1 aromatic heterocycles. The third kappa shape index (κ3) is 4.21. The lowest BCUT2D eigenvalue weighted by atomic mass is 9.79. The van der Waals surface area contributed by atoms with E-state index >= 15 is 0 Å². The van der Waals surface area contributed by atoms with Gasteiger partial charge in [-0.2, -0.15) is 0 Å². The molecule has 2 heteroatoms. The predicted molar refractivity (Wildman–Crippen MR) is 226 cm³/mol. The van der Waals surface area contributed by atoms with Crippen molar-refractivity contribution >= 4 is 71.2 Å². The van der Waals surface area contributed by atoms with Gasteiger partial charge in [0.15, 0.2) is 0 Å². The van der Waals surface area contributed by atoms with Crippen LogP contribution in [0, 0.1) is 0 Å². The van der Waals surface area contributed by atoms with Crippen molar-refractivity contribution in [2.45, 2.75) is 19.3 Å². The quantitative estimate of drug-likeness (QED) is 0.168. The van der Waals surface area contributed by atoms with Crippen LogP contribution in [0.5, 0.6) is 0 Å². The lowest BCUT2D eigenvalue weighted by molar-refractivity contribution is 0.666. The summed E-state index contributed by atoms with van der Waals surface area (Å²) in [4.78, 5) is 2.44. The molecule has 11 rings (SSSR count). The molecule has 0 saturated heterocycles. The second-order valence-corrected chi connectivity index (χ2v) is 14.9. The molecule has 2 nitrogen and oxygen atoms in total. The Morgan fingerprint density at radius 2 is 1.11 bits per heavy atom. The first-order valence-electron chi connectivity index (χ1n) is 18.5. The molecule has 0 saturated carbocycles. The molecule has 0 aliphatic heterocycles. The molecule has 0 bridgehead atoms. The summed E-state index contributed by atoms with van der Waals surface area (Å²) in [5, 5.41) is 10.3. The van der Waals surface area contributed by atoms with Crippen molar-refractivity contribution in [1.82, 2.24) is 4.57 Å². The van der Waals surface area contributed by atoms with Gasteiger partial charge >= 0.3 is 0 Å². The topological polar surface area (TPSA) is 8.17 Å². The molecule has 0 atom stereocenters. The molecular formula is C51H36N2. The largest absolute Gasteiger partial charge is 0.310 e. The molecule has 0 N–H and O–H groups in total. The Morgan fingerprint density at radius 1 is 0.453 bits per heavy atom. The van der Waals surface area contributed by atoms with Gasteiger partial charge in [0.25, 0.3) is 0 Å². The number of rotatable bonds is 4. The molecule has 53 heavy (non-hydrogen) atoms. The number of hydrogen-bond acceptors (Lipinski definition) is 1. The smallest absolute Gasteiger partial charge is 0.0562 e. The minimum atomic E-state index is -0.0840. The highest BCUT2D eigenvalue weighted by Gasteiger charge is 2.38. The fraction of sp³-hybridized carbons (Fsp3) is 0.0588. The Morgan fingerprint density at radius 3 is 1.94 bits per heavy atom. The summed E-state index contributed by atoms with van der Waals surface area (Å²) < 4.78 is 2.40. The summed E-state index contributed by atoms with van der Waals surface area (Å²) in [6, 6.07) is 66.9. The van der Waals surface area contributed by atoms with Crippen LogP contribution in [-0.4, -0.2) is 4.57 Å². The summed E-state index contributed by atoms with van der Waals surface area (Å²) >= 11 is 0. The van der Waals surface area contributed by atoms with Crippen molar-refractivity contribution < 1.29 is 0 Å². The van der Waals surface area contributed by atoms with Crippen molar-refractivity contribution in [2.24, 2.45) is 0 Å². The maximum absolute atomic E-state index is 2.44. The first-order chi connectivity index (χ1) is 26.1. The zero-order valence-corrected chi connectivity index (χ0v) is 29.7. The Labute approximate surface area is 308 Å². The number of benzene rings is 9. The molecule has 0 amide bonds. The lowest BCUT2D eigenvalue weighted by Crippen LogP contribution is -2.15. The van der Waals surface area contributed by atoms with Gasteiger partial charge in [0, 0.05) is 33.2 Å². The van der Waals surface area contributed by atoms with Gasteiger partial charge in [-0.25, -0.2) is 0 Å². The van der Waals surface area contributed by atoms with Gasteiger partial charge < -0.3 is 9.47 Å². The molecule has 0 fully saturated rings. The third-order valence-electron chi connectivity index (χ3n) is 11.7. The highest BCUT2D eigenvalue weighted by molar-refractivity contribution is 6.27. The van der Waals surface area contributed by atoms with E-state index in [2.05, 4.69) is 205 Å². The minimum Gasteiger partial charge on any atom is -0.310 e. The molecule has 0 radical (unpaired) electrons. The number of aromatic nitrogens is 1. The highest BCUT2D eigenvalue weighted by atomic mass is 15.1. The summed E-state index contributed by atoms with van der Waals surface area (Å²) in [5.41, 5.74) is 12.5. The fourth-order valence-corrected chi connectivity index (χ4v) is 9.50. The van der Waals surface area contributed by atoms with Crippen molar-refractivity contribution in [3.05, 3.63) is 193 Å². The SMILES string of the molecule is CC1(C)c2ccccc2-c2c1c1ccccc1c1c2ccc2cc(N(c3ccccc3)c3cccc4c3c3ccccc3n4-c3ccccc3)ccc21. The predicted octanol–water partition coefficient (Wildman–Crippen LogP) is 14.0. The van der Waals surface area contributed by atoms with Gasteiger partial charge in [0.05, 0.1) is 16.7 Å². The van der Waals surface area contributed by atoms with Gasteiger partial charge in [-0.1, -0.05) is 141 Å². The Kier molecular flexibility index (Phi) is 6.33. The van der Waals surface area contributed by atoms with E-state index in [4.69, 9.17) is 0 Å². The average molecular weight is 677 g/mol. The van der Waals surface area contributed by atoms with Crippen LogP contribution in [-0.2, 0) is 5.41 Å². The Balaban J connectivity index is 1.19. The monoisotopic (exact) mass is 676 g/mol. The van der Waals surface area contributed by atoms with Gasteiger partial charge in [0.1, 0.15) is 0 Å². The zero-order valence-electron chi connectivity index (χ0n) is 29.7. The molecule has 0 spiro atoms. The molecule has 1 aliphatic rings. The third-order valence-corrected chi connectivity index (χ3v) is 11.7. The standard InChI is InChI=1S/C51H36N2/c1-51(2)43-24-13-11-22-40(43)48-42-30-28-33-32-36(29-31-37(33)47(42)38-20-9-10-21-39(38)50(48)51)52(34-16-5-3-6-17-34)45-26-15-27-46-49(45)41-23-12-14-25-44(41)53(46)35-18-7-4-8-19-35/h3-32H,1-2H3. The molecule has 9 aromatic carbocycles. The van der Waals surface area contributed by atoms with Crippen LogP contribution in [0.1, 0.15) is 25.0 Å². The van der Waals surface area contributed by atoms with E-state index in [0.29, 0.717) is 0 Å². The number of hydrogen-bond donors (Lipinski definition) is 0. The van der Waals surface area contributed by atoms with Crippen molar-refractivity contribution in [3.8, 4) is 16.8 Å². The zero-order chi connectivity index (χ0) is 35.3. The van der Waals surface area contributed by atoms with Gasteiger partial charge in [-0.3, -0.25) is 0 Å². The fourth-order valence-electron chi connectivity index (χ4n) is 9.50. The van der Waals surface area contributed by atoms with Gasteiger partial charge in [-0.15, -0.1) is 0 Å². The van der Waals surface area contributed by atoms with E-state index in [0.717, 1.165) is 22.7 Å². The van der Waals surface area contributed by atoms with Crippen molar-refractivity contribution in [3.63, 3.8) is 0 Å². The maximum Gasteiger partial charge on any atom is 0.0562 e. The summed E-state index contributed by atoms with van der Waals surface area (Å²) in [5.74, 6) is 0. The van der Waals surface area contributed by atoms with Crippen molar-refractivity contribution in [2.75, 3.05) is 4.90 Å². The van der Waals surface area contributed by atoms with Crippen molar-refractivity contribution in [1.29, 1.82) is 0 Å². The molecule has 1 heterocycles. The first kappa shape index (κ1) is 30.0. The number of fused-ring (bicyclic) bond motifs is 13. The summed E-state index contributed by atoms with van der Waals surface area (Å²) in [7, 11) is 0. The molecule has 1 aliphatic carbocycles. The minimum absolute atomic E-state index is 0.0840. The summed E-state index contributed by atoms with van der Waals surface area (Å²) in [6.07, 6.45) is 0. The van der Waals surface area contributed by atoms with Crippen LogP contribution in [0.4, 0.5) is 17.1 Å². The van der Waals surface area contributed by atoms with E-state index < -0.39 is 0 Å². The van der Waals surface area contributed by atoms with Crippen LogP contribution in [0.25, 0.3) is 70.9 Å². The average Bonchev–Trinajstić information content (AvgIpc) is 3.68. The molecular weight excluding hydrogens is 641 g/mol. The number of para-hydroxylation sites is 3. The van der Waals surface area contributed by atoms with E-state index in [9.17, 15) is 0 Å². The summed E-state index contributed by atoms with van der Waals surface area (Å²) in [6.45, 7) is 4.78. The Hall–Kier alpha value is -6.64. The van der Waals surface area contributed by atoms with Crippen LogP contribution in [0.2, 0.25) is 0 Å². The normalized spacial score (nSPS) is 13.2. The number of anilines is 3.